The zero-order valence-electron chi connectivity index (χ0n) is 26.3. The lowest BCUT2D eigenvalue weighted by atomic mass is 9.73. The van der Waals surface area contributed by atoms with Crippen molar-refractivity contribution in [2.24, 2.45) is 10.8 Å². The van der Waals surface area contributed by atoms with Crippen molar-refractivity contribution in [1.29, 1.82) is 0 Å². The highest BCUT2D eigenvalue weighted by Crippen LogP contribution is 2.80. The minimum atomic E-state index is -5.08. The first-order valence-electron chi connectivity index (χ1n) is 13.8. The number of halogens is 1. The minimum Gasteiger partial charge on any atom is -0.432 e. The largest absolute Gasteiger partial charge is 0.510 e. The first kappa shape index (κ1) is 38.5. The third-order valence-corrected chi connectivity index (χ3v) is 9.46. The maximum atomic E-state index is 15.0. The summed E-state index contributed by atoms with van der Waals surface area (Å²) in [4.78, 5) is 67.2. The van der Waals surface area contributed by atoms with Gasteiger partial charge >= 0.3 is 33.6 Å². The summed E-state index contributed by atoms with van der Waals surface area (Å²) in [6.07, 6.45) is -4.04. The Labute approximate surface area is 267 Å². The van der Waals surface area contributed by atoms with Crippen LogP contribution in [0, 0.1) is 10.8 Å². The van der Waals surface area contributed by atoms with E-state index in [0.29, 0.717) is 4.57 Å². The number of fused-ring (bicyclic) bond motifs is 1. The quantitative estimate of drug-likeness (QED) is 0.108. The van der Waals surface area contributed by atoms with Crippen LogP contribution in [0.1, 0.15) is 47.8 Å². The van der Waals surface area contributed by atoms with Crippen LogP contribution in [0.2, 0.25) is 0 Å². The van der Waals surface area contributed by atoms with Crippen LogP contribution >= 0.6 is 15.6 Å². The fourth-order valence-electron chi connectivity index (χ4n) is 5.13. The summed E-state index contributed by atoms with van der Waals surface area (Å²) in [5.41, 5.74) is -7.01. The molecule has 1 unspecified atom stereocenters. The Morgan fingerprint density at radius 2 is 1.57 bits per heavy atom. The van der Waals surface area contributed by atoms with Crippen molar-refractivity contribution in [2.75, 3.05) is 20.3 Å². The van der Waals surface area contributed by atoms with Gasteiger partial charge in [0.15, 0.2) is 0 Å². The van der Waals surface area contributed by atoms with Crippen molar-refractivity contribution in [3.8, 4) is 0 Å². The van der Waals surface area contributed by atoms with Gasteiger partial charge in [-0.3, -0.25) is 18.4 Å². The van der Waals surface area contributed by atoms with Gasteiger partial charge in [0.05, 0.1) is 12.2 Å². The monoisotopic (exact) mass is 718 g/mol. The minimum absolute atomic E-state index is 0.374. The molecule has 0 bridgehead atoms. The van der Waals surface area contributed by atoms with E-state index in [1.54, 1.807) is 27.7 Å². The molecule has 0 spiro atoms. The van der Waals surface area contributed by atoms with Crippen molar-refractivity contribution in [3.05, 3.63) is 45.8 Å². The molecule has 1 aliphatic heterocycles. The van der Waals surface area contributed by atoms with E-state index in [9.17, 15) is 32.7 Å². The lowest BCUT2D eigenvalue weighted by Gasteiger charge is -2.36. The zero-order valence-corrected chi connectivity index (χ0v) is 28.1. The topological polar surface area (TPSA) is 236 Å². The van der Waals surface area contributed by atoms with E-state index in [4.69, 9.17) is 47.0 Å². The number of alkyl halides is 1. The fourth-order valence-corrected chi connectivity index (χ4v) is 6.59. The Kier molecular flexibility index (Phi) is 11.7. The average Bonchev–Trinajstić information content (AvgIpc) is 3.37. The van der Waals surface area contributed by atoms with Crippen LogP contribution in [0.5, 0.6) is 0 Å². The maximum absolute atomic E-state index is 15.0. The molecule has 47 heavy (non-hydrogen) atoms. The molecule has 1 aliphatic carbocycles. The summed E-state index contributed by atoms with van der Waals surface area (Å²) in [5, 5.41) is 0. The SMILES string of the molecule is C=C[C@@]1(C)[C@H](n2ccc(=O)n(COP(=O)(O)O)c2=O)O[C@]2(CF)C(OP(=O)(OCOC(=O)OC(C)C)OCOC(=O)OC(C)C)[C@]12C. The number of carbonyl (C=O) groups excluding carboxylic acids is 2. The van der Waals surface area contributed by atoms with E-state index in [1.165, 1.54) is 19.9 Å². The molecule has 1 aromatic rings. The summed E-state index contributed by atoms with van der Waals surface area (Å²) in [5.74, 6) is 0. The molecule has 0 amide bonds. The molecule has 1 saturated carbocycles. The average molecular weight is 719 g/mol. The molecular weight excluding hydrogens is 681 g/mol. The fraction of sp³-hybridized carbons (Fsp3) is 0.680. The zero-order chi connectivity index (χ0) is 35.6. The van der Waals surface area contributed by atoms with Crippen LogP contribution in [0.15, 0.2) is 34.5 Å². The number of aromatic nitrogens is 2. The van der Waals surface area contributed by atoms with Gasteiger partial charge in [0.25, 0.3) is 5.56 Å². The number of carbonyl (C=O) groups is 2. The van der Waals surface area contributed by atoms with E-state index in [0.717, 1.165) is 16.8 Å². The Morgan fingerprint density at radius 1 is 1.04 bits per heavy atom. The van der Waals surface area contributed by atoms with Crippen LogP contribution < -0.4 is 11.2 Å². The van der Waals surface area contributed by atoms with Crippen molar-refractivity contribution < 1.29 is 74.7 Å². The van der Waals surface area contributed by atoms with Crippen LogP contribution in [-0.2, 0) is 57.6 Å². The third-order valence-electron chi connectivity index (χ3n) is 7.70. The number of nitrogens with zero attached hydrogens (tertiary/aromatic N) is 2. The molecule has 3 rings (SSSR count). The Hall–Kier alpha value is -2.93. The summed E-state index contributed by atoms with van der Waals surface area (Å²) in [7, 11) is -9.99. The second-order valence-electron chi connectivity index (χ2n) is 11.3. The van der Waals surface area contributed by atoms with Crippen LogP contribution in [0.4, 0.5) is 14.0 Å². The van der Waals surface area contributed by atoms with Gasteiger partial charge in [0, 0.05) is 23.1 Å². The van der Waals surface area contributed by atoms with Crippen LogP contribution in [-0.4, -0.2) is 75.4 Å². The molecule has 2 heterocycles. The molecule has 1 saturated heterocycles. The highest BCUT2D eigenvalue weighted by molar-refractivity contribution is 7.48. The number of ether oxygens (including phenoxy) is 5. The standard InChI is InChI=1S/C25H37FN2O17P2/c1-8-23(6)19(27-10-9-17(29)28(20(27)30)12-39-46(33,34)35)44-25(11-26)18(24(23,25)7)45-47(36,40-13-37-21(31)42-15(2)3)41-14-38-22(32)43-16(4)5/h8-10,15-16,18-19H,1,11-14H2,2-7H3,(H2,33,34,35)/t18?,19-,23+,24-,25-/m1/s1. The van der Waals surface area contributed by atoms with Gasteiger partial charge in [-0.25, -0.2) is 41.5 Å². The predicted octanol–water partition coefficient (Wildman–Crippen LogP) is 3.09. The number of hydrogen-bond donors (Lipinski definition) is 2. The van der Waals surface area contributed by atoms with Crippen LogP contribution in [0.25, 0.3) is 0 Å². The first-order chi connectivity index (χ1) is 21.7. The number of hydrogen-bond acceptors (Lipinski definition) is 15. The highest BCUT2D eigenvalue weighted by Gasteiger charge is 2.89. The van der Waals surface area contributed by atoms with Gasteiger partial charge in [-0.1, -0.05) is 19.9 Å². The molecule has 5 atom stereocenters. The number of phosphoric acid groups is 2. The molecule has 2 fully saturated rings. The van der Waals surface area contributed by atoms with E-state index < -0.39 is 107 Å². The second kappa shape index (κ2) is 14.3. The van der Waals surface area contributed by atoms with E-state index in [1.807, 2.05) is 0 Å². The molecular formula is C25H37FN2O17P2. The Balaban J connectivity index is 1.92. The Morgan fingerprint density at radius 3 is 2.02 bits per heavy atom. The number of phosphoric ester groups is 2. The van der Waals surface area contributed by atoms with Gasteiger partial charge < -0.3 is 33.5 Å². The van der Waals surface area contributed by atoms with Crippen LogP contribution in [0.3, 0.4) is 0 Å². The van der Waals surface area contributed by atoms with Gasteiger partial charge in [0.1, 0.15) is 31.3 Å². The molecule has 2 N–H and O–H groups in total. The number of rotatable bonds is 16. The summed E-state index contributed by atoms with van der Waals surface area (Å²) >= 11 is 0. The summed E-state index contributed by atoms with van der Waals surface area (Å²) in [6.45, 7) is 8.43. The van der Waals surface area contributed by atoms with Crippen molar-refractivity contribution >= 4 is 28.0 Å². The molecule has 0 aromatic carbocycles. The van der Waals surface area contributed by atoms with Gasteiger partial charge in [-0.2, -0.15) is 0 Å². The molecule has 266 valence electrons. The highest BCUT2D eigenvalue weighted by atomic mass is 31.2. The van der Waals surface area contributed by atoms with E-state index in [2.05, 4.69) is 11.1 Å². The molecule has 2 aliphatic rings. The molecule has 19 nitrogen and oxygen atoms in total. The van der Waals surface area contributed by atoms with Gasteiger partial charge in [-0.15, -0.1) is 6.58 Å². The molecule has 0 radical (unpaired) electrons. The molecule has 22 heteroatoms. The Bertz CT molecular complexity index is 1530. The summed E-state index contributed by atoms with van der Waals surface area (Å²) in [6, 6.07) is 0.893. The third kappa shape index (κ3) is 7.87. The van der Waals surface area contributed by atoms with Crippen molar-refractivity contribution in [1.82, 2.24) is 9.13 Å². The van der Waals surface area contributed by atoms with E-state index in [-0.39, 0.29) is 0 Å². The second-order valence-corrected chi connectivity index (χ2v) is 14.1. The molecule has 1 aromatic heterocycles. The lowest BCUT2D eigenvalue weighted by molar-refractivity contribution is -0.111. The first-order valence-corrected chi connectivity index (χ1v) is 16.8. The smallest absolute Gasteiger partial charge is 0.432 e. The normalized spacial score (nSPS) is 27.0. The van der Waals surface area contributed by atoms with E-state index >= 15 is 0 Å². The van der Waals surface area contributed by atoms with Crippen molar-refractivity contribution in [3.63, 3.8) is 0 Å². The van der Waals surface area contributed by atoms with Gasteiger partial charge in [-0.05, 0) is 27.7 Å². The lowest BCUT2D eigenvalue weighted by Crippen LogP contribution is -2.45. The predicted molar refractivity (Wildman–Crippen MR) is 153 cm³/mol. The van der Waals surface area contributed by atoms with Crippen molar-refractivity contribution in [2.45, 2.75) is 78.4 Å². The van der Waals surface area contributed by atoms with Gasteiger partial charge in [0.2, 0.25) is 13.6 Å². The maximum Gasteiger partial charge on any atom is 0.510 e. The summed E-state index contributed by atoms with van der Waals surface area (Å²) < 4.78 is 86.4.